The van der Waals surface area contributed by atoms with E-state index in [1.54, 1.807) is 6.92 Å². The fourth-order valence-corrected chi connectivity index (χ4v) is 3.17. The molecule has 0 amide bonds. The SMILES string of the molecule is CC(N)OC(=O)CC1CC(C)(C)NC(C)(C)C1. The maximum atomic E-state index is 11.6. The number of nitrogens with two attached hydrogens (primary N) is 1. The molecule has 0 radical (unpaired) electrons. The quantitative estimate of drug-likeness (QED) is 0.585. The summed E-state index contributed by atoms with van der Waals surface area (Å²) >= 11 is 0. The van der Waals surface area contributed by atoms with E-state index >= 15 is 0 Å². The van der Waals surface area contributed by atoms with Crippen molar-refractivity contribution < 1.29 is 9.53 Å². The van der Waals surface area contributed by atoms with Gasteiger partial charge in [0.05, 0.1) is 0 Å². The number of esters is 1. The number of piperidine rings is 1. The Bertz CT molecular complexity index is 269. The lowest BCUT2D eigenvalue weighted by atomic mass is 9.75. The third kappa shape index (κ3) is 5.04. The lowest BCUT2D eigenvalue weighted by molar-refractivity contribution is -0.149. The molecule has 1 rings (SSSR count). The number of hydrogen-bond donors (Lipinski definition) is 2. The molecule has 0 spiro atoms. The number of rotatable bonds is 3. The molecule has 0 aromatic carbocycles. The van der Waals surface area contributed by atoms with Gasteiger partial charge in [-0.25, -0.2) is 0 Å². The summed E-state index contributed by atoms with van der Waals surface area (Å²) in [5.41, 5.74) is 5.59. The van der Waals surface area contributed by atoms with Crippen LogP contribution in [0.3, 0.4) is 0 Å². The summed E-state index contributed by atoms with van der Waals surface area (Å²) in [7, 11) is 0. The molecule has 0 aromatic heterocycles. The lowest BCUT2D eigenvalue weighted by Gasteiger charge is -2.46. The summed E-state index contributed by atoms with van der Waals surface area (Å²) in [4.78, 5) is 11.6. The maximum Gasteiger partial charge on any atom is 0.307 e. The predicted octanol–water partition coefficient (Wildman–Crippen LogP) is 1.78. The Hall–Kier alpha value is -0.610. The maximum absolute atomic E-state index is 11.6. The van der Waals surface area contributed by atoms with Crippen molar-refractivity contribution in [1.29, 1.82) is 0 Å². The molecule has 1 aliphatic rings. The molecule has 17 heavy (non-hydrogen) atoms. The summed E-state index contributed by atoms with van der Waals surface area (Å²) in [6, 6.07) is 0. The van der Waals surface area contributed by atoms with Gasteiger partial charge in [0.25, 0.3) is 0 Å². The molecule has 0 saturated carbocycles. The normalized spacial score (nSPS) is 25.3. The van der Waals surface area contributed by atoms with Crippen LogP contribution in [0.15, 0.2) is 0 Å². The topological polar surface area (TPSA) is 64.3 Å². The molecule has 1 aliphatic heterocycles. The van der Waals surface area contributed by atoms with Gasteiger partial charge in [-0.05, 0) is 53.4 Å². The zero-order chi connectivity index (χ0) is 13.3. The van der Waals surface area contributed by atoms with Crippen LogP contribution in [0.1, 0.15) is 53.9 Å². The minimum Gasteiger partial charge on any atom is -0.447 e. The highest BCUT2D eigenvalue weighted by Gasteiger charge is 2.38. The molecule has 1 heterocycles. The molecule has 1 saturated heterocycles. The first-order valence-electron chi connectivity index (χ1n) is 6.34. The average molecular weight is 242 g/mol. The van der Waals surface area contributed by atoms with E-state index in [2.05, 4.69) is 33.0 Å². The van der Waals surface area contributed by atoms with E-state index < -0.39 is 6.23 Å². The van der Waals surface area contributed by atoms with Crippen LogP contribution in [0.4, 0.5) is 0 Å². The third-order valence-electron chi connectivity index (χ3n) is 3.05. The summed E-state index contributed by atoms with van der Waals surface area (Å²) in [6.45, 7) is 10.4. The molecule has 3 N–H and O–H groups in total. The van der Waals surface area contributed by atoms with Crippen LogP contribution in [0, 0.1) is 5.92 Å². The van der Waals surface area contributed by atoms with Gasteiger partial charge in [0.1, 0.15) is 6.23 Å². The van der Waals surface area contributed by atoms with Gasteiger partial charge < -0.3 is 10.1 Å². The van der Waals surface area contributed by atoms with E-state index in [1.807, 2.05) is 0 Å². The largest absolute Gasteiger partial charge is 0.447 e. The van der Waals surface area contributed by atoms with E-state index in [1.165, 1.54) is 0 Å². The van der Waals surface area contributed by atoms with Crippen molar-refractivity contribution in [2.45, 2.75) is 71.2 Å². The number of hydrogen-bond acceptors (Lipinski definition) is 4. The van der Waals surface area contributed by atoms with E-state index in [0.29, 0.717) is 12.3 Å². The Morgan fingerprint density at radius 2 is 1.82 bits per heavy atom. The zero-order valence-electron chi connectivity index (χ0n) is 11.7. The summed E-state index contributed by atoms with van der Waals surface area (Å²) in [5, 5.41) is 3.60. The van der Waals surface area contributed by atoms with E-state index in [0.717, 1.165) is 12.8 Å². The van der Waals surface area contributed by atoms with Gasteiger partial charge in [-0.2, -0.15) is 0 Å². The van der Waals surface area contributed by atoms with Crippen molar-refractivity contribution in [3.63, 3.8) is 0 Å². The molecule has 4 nitrogen and oxygen atoms in total. The standard InChI is InChI=1S/C13H26N2O2/c1-9(14)17-11(16)6-10-7-12(2,3)15-13(4,5)8-10/h9-10,15H,6-8,14H2,1-5H3. The van der Waals surface area contributed by atoms with Crippen molar-refractivity contribution in [3.05, 3.63) is 0 Å². The highest BCUT2D eigenvalue weighted by Crippen LogP contribution is 2.34. The van der Waals surface area contributed by atoms with E-state index in [9.17, 15) is 4.79 Å². The molecular formula is C13H26N2O2. The second-order valence-corrected chi connectivity index (χ2v) is 6.57. The van der Waals surface area contributed by atoms with Gasteiger partial charge in [-0.3, -0.25) is 10.5 Å². The second-order valence-electron chi connectivity index (χ2n) is 6.57. The first kappa shape index (κ1) is 14.5. The van der Waals surface area contributed by atoms with Crippen LogP contribution in [-0.2, 0) is 9.53 Å². The summed E-state index contributed by atoms with van der Waals surface area (Å²) in [5.74, 6) is 0.186. The predicted molar refractivity (Wildman–Crippen MR) is 68.4 cm³/mol. The molecule has 0 aromatic rings. The molecule has 100 valence electrons. The Kier molecular flexibility index (Phi) is 4.20. The van der Waals surface area contributed by atoms with E-state index in [-0.39, 0.29) is 17.0 Å². The average Bonchev–Trinajstić information content (AvgIpc) is 1.93. The number of nitrogens with one attached hydrogen (secondary N) is 1. The van der Waals surface area contributed by atoms with Crippen LogP contribution in [-0.4, -0.2) is 23.3 Å². The highest BCUT2D eigenvalue weighted by atomic mass is 16.6. The molecule has 0 bridgehead atoms. The van der Waals surface area contributed by atoms with Crippen molar-refractivity contribution in [3.8, 4) is 0 Å². The van der Waals surface area contributed by atoms with Crippen LogP contribution in [0.25, 0.3) is 0 Å². The Labute approximate surface area is 104 Å². The van der Waals surface area contributed by atoms with Crippen molar-refractivity contribution in [2.24, 2.45) is 11.7 Å². The second kappa shape index (κ2) is 4.94. The Morgan fingerprint density at radius 3 is 2.24 bits per heavy atom. The molecule has 1 atom stereocenters. The molecular weight excluding hydrogens is 216 g/mol. The van der Waals surface area contributed by atoms with Gasteiger partial charge in [0, 0.05) is 17.5 Å². The van der Waals surface area contributed by atoms with Crippen LogP contribution in [0.2, 0.25) is 0 Å². The number of carbonyl (C=O) groups is 1. The van der Waals surface area contributed by atoms with Crippen molar-refractivity contribution in [2.75, 3.05) is 0 Å². The zero-order valence-corrected chi connectivity index (χ0v) is 11.7. The Balaban J connectivity index is 2.56. The van der Waals surface area contributed by atoms with Crippen LogP contribution >= 0.6 is 0 Å². The molecule has 1 fully saturated rings. The van der Waals surface area contributed by atoms with Crippen LogP contribution < -0.4 is 11.1 Å². The first-order chi connectivity index (χ1) is 7.60. The highest BCUT2D eigenvalue weighted by molar-refractivity contribution is 5.69. The van der Waals surface area contributed by atoms with Crippen molar-refractivity contribution in [1.82, 2.24) is 5.32 Å². The minimum absolute atomic E-state index is 0.0705. The van der Waals surface area contributed by atoms with Gasteiger partial charge in [0.2, 0.25) is 0 Å². The monoisotopic (exact) mass is 242 g/mol. The van der Waals surface area contributed by atoms with Gasteiger partial charge in [-0.15, -0.1) is 0 Å². The fourth-order valence-electron chi connectivity index (χ4n) is 3.17. The first-order valence-corrected chi connectivity index (χ1v) is 6.34. The van der Waals surface area contributed by atoms with Crippen LogP contribution in [0.5, 0.6) is 0 Å². The van der Waals surface area contributed by atoms with Gasteiger partial charge in [0.15, 0.2) is 0 Å². The number of carbonyl (C=O) groups excluding carboxylic acids is 1. The molecule has 0 aliphatic carbocycles. The third-order valence-corrected chi connectivity index (χ3v) is 3.05. The van der Waals surface area contributed by atoms with Gasteiger partial charge in [-0.1, -0.05) is 0 Å². The van der Waals surface area contributed by atoms with E-state index in [4.69, 9.17) is 10.5 Å². The smallest absolute Gasteiger partial charge is 0.307 e. The minimum atomic E-state index is -0.509. The Morgan fingerprint density at radius 1 is 1.35 bits per heavy atom. The lowest BCUT2D eigenvalue weighted by Crippen LogP contribution is -2.58. The molecule has 4 heteroatoms. The fraction of sp³-hybridized carbons (Fsp3) is 0.923. The summed E-state index contributed by atoms with van der Waals surface area (Å²) in [6.07, 6.45) is 1.94. The number of ether oxygens (including phenoxy) is 1. The van der Waals surface area contributed by atoms with Gasteiger partial charge >= 0.3 is 5.97 Å². The molecule has 1 unspecified atom stereocenters. The van der Waals surface area contributed by atoms with Crippen molar-refractivity contribution >= 4 is 5.97 Å². The summed E-state index contributed by atoms with van der Waals surface area (Å²) < 4.78 is 5.01.